The Hall–Kier alpha value is -11.4. The van der Waals surface area contributed by atoms with E-state index in [1.807, 2.05) is 208 Å². The highest BCUT2D eigenvalue weighted by Gasteiger charge is 2.18. The molecule has 0 amide bonds. The molecule has 3 aliphatic heterocycles. The molecule has 3 fully saturated rings. The molecule has 0 N–H and O–H groups in total. The van der Waals surface area contributed by atoms with E-state index in [0.29, 0.717) is 15.4 Å². The summed E-state index contributed by atoms with van der Waals surface area (Å²) in [7, 11) is 0. The van der Waals surface area contributed by atoms with Gasteiger partial charge in [0, 0.05) is 72.4 Å². The van der Waals surface area contributed by atoms with Gasteiger partial charge in [-0.2, -0.15) is 25.6 Å². The van der Waals surface area contributed by atoms with Gasteiger partial charge < -0.3 is 14.7 Å². The minimum Gasteiger partial charge on any atom is -0.363 e. The molecule has 0 radical (unpaired) electrons. The second-order valence-corrected chi connectivity index (χ2v) is 30.8. The minimum atomic E-state index is 0.630. The molecular formula is C78H72N24S6. The van der Waals surface area contributed by atoms with Gasteiger partial charge in [-0.25, -0.2) is 15.0 Å². The molecule has 7 aromatic carbocycles. The maximum atomic E-state index is 4.58. The molecular weight excluding hydrogens is 1470 g/mol. The second-order valence-electron chi connectivity index (χ2n) is 25.2. The summed E-state index contributed by atoms with van der Waals surface area (Å²) < 4.78 is 0. The van der Waals surface area contributed by atoms with E-state index < -0.39 is 0 Å². The smallest absolute Gasteiger partial charge is 0.230 e. The number of aromatic nitrogens is 3. The largest absolute Gasteiger partial charge is 0.363 e. The lowest BCUT2D eigenvalue weighted by Gasteiger charge is -2.13. The van der Waals surface area contributed by atoms with Crippen LogP contribution in [0.15, 0.2) is 290 Å². The first kappa shape index (κ1) is 73.5. The van der Waals surface area contributed by atoms with Crippen LogP contribution >= 0.6 is 68.0 Å². The van der Waals surface area contributed by atoms with Crippen LogP contribution in [0.2, 0.25) is 0 Å². The normalized spacial score (nSPS) is 14.2. The Balaban J connectivity index is 0.000000136. The van der Waals surface area contributed by atoms with Crippen LogP contribution < -0.4 is 14.7 Å². The van der Waals surface area contributed by atoms with Gasteiger partial charge >= 0.3 is 0 Å². The summed E-state index contributed by atoms with van der Waals surface area (Å²) in [5, 5.41) is 94.7. The van der Waals surface area contributed by atoms with E-state index in [-0.39, 0.29) is 0 Å². The Labute approximate surface area is 648 Å². The monoisotopic (exact) mass is 1540 g/mol. The standard InChI is InChI=1S/C28H24N8S2.2C25H24N8S2/c1-19-18-20(8-9-23(19)31-35-28-29-14-17-37-28)30-32-24-10-11-25(22-7-3-2-6-21(22)24)33-34-26-12-13-27(38-26)36-15-4-5-16-36;2*1-17-15-21(29-31-23-11-12-24(35-23)33-13-3-4-14-33)9-10-22(17)30-27-19-5-7-20(8-6-19)28-32-25-26-18(2)16-34-25/h2-3,6-14,17-18H,4-5,15-16H2,1H3;2*5-12,15-16H,3-4,13-14H2,1-2H3. The van der Waals surface area contributed by atoms with Gasteiger partial charge in [-0.3, -0.25) is 0 Å². The molecule has 16 rings (SSSR count). The molecule has 3 aliphatic rings. The van der Waals surface area contributed by atoms with Crippen LogP contribution in [0.1, 0.15) is 66.6 Å². The summed E-state index contributed by atoms with van der Waals surface area (Å²) in [6.07, 6.45) is 9.30. The van der Waals surface area contributed by atoms with E-state index in [9.17, 15) is 0 Å². The van der Waals surface area contributed by atoms with E-state index in [0.717, 1.165) is 161 Å². The zero-order valence-electron chi connectivity index (χ0n) is 59.7. The van der Waals surface area contributed by atoms with E-state index in [2.05, 4.69) is 140 Å². The average Bonchev–Trinajstić information content (AvgIpc) is 1.19. The van der Waals surface area contributed by atoms with Crippen LogP contribution in [0, 0.1) is 34.6 Å². The van der Waals surface area contributed by atoms with E-state index >= 15 is 0 Å². The predicted octanol–water partition coefficient (Wildman–Crippen LogP) is 29.8. The predicted molar refractivity (Wildman–Crippen MR) is 441 cm³/mol. The fourth-order valence-electron chi connectivity index (χ4n) is 11.5. The molecule has 108 heavy (non-hydrogen) atoms. The first-order valence-corrected chi connectivity index (χ1v) is 40.1. The van der Waals surface area contributed by atoms with E-state index in [4.69, 9.17) is 0 Å². The number of thiazole rings is 3. The maximum Gasteiger partial charge on any atom is 0.230 e. The average molecular weight is 1540 g/mol. The highest BCUT2D eigenvalue weighted by atomic mass is 32.1. The lowest BCUT2D eigenvalue weighted by atomic mass is 10.1. The third-order valence-electron chi connectivity index (χ3n) is 17.1. The third kappa shape index (κ3) is 20.4. The number of fused-ring (bicyclic) bond motifs is 1. The van der Waals surface area contributed by atoms with Gasteiger partial charge in [0.15, 0.2) is 0 Å². The number of nitrogens with zero attached hydrogens (tertiary/aromatic N) is 24. The summed E-state index contributed by atoms with van der Waals surface area (Å²) >= 11 is 9.43. The molecule has 0 spiro atoms. The van der Waals surface area contributed by atoms with E-state index in [1.165, 1.54) is 87.5 Å². The third-order valence-corrected chi connectivity index (χ3v) is 22.5. The molecule has 3 saturated heterocycles. The van der Waals surface area contributed by atoms with Gasteiger partial charge in [-0.1, -0.05) is 58.3 Å². The molecule has 540 valence electrons. The summed E-state index contributed by atoms with van der Waals surface area (Å²) in [5.74, 6) is 0. The van der Waals surface area contributed by atoms with Gasteiger partial charge in [0.2, 0.25) is 15.4 Å². The number of thiophene rings is 3. The molecule has 0 bridgehead atoms. The number of rotatable bonds is 21. The van der Waals surface area contributed by atoms with Crippen molar-refractivity contribution in [3.05, 3.63) is 226 Å². The molecule has 9 heterocycles. The van der Waals surface area contributed by atoms with Crippen LogP contribution in [-0.4, -0.2) is 54.2 Å². The Kier molecular flexibility index (Phi) is 24.7. The highest BCUT2D eigenvalue weighted by Crippen LogP contribution is 2.42. The number of anilines is 3. The zero-order valence-corrected chi connectivity index (χ0v) is 64.6. The first-order valence-electron chi connectivity index (χ1n) is 35.1. The lowest BCUT2D eigenvalue weighted by Crippen LogP contribution is -2.15. The number of hydrogen-bond acceptors (Lipinski definition) is 30. The Morgan fingerprint density at radius 2 is 0.593 bits per heavy atom. The van der Waals surface area contributed by atoms with Crippen molar-refractivity contribution in [3.8, 4) is 0 Å². The summed E-state index contributed by atoms with van der Waals surface area (Å²) in [6, 6.07) is 56.6. The maximum absolute atomic E-state index is 4.58. The van der Waals surface area contributed by atoms with Crippen molar-refractivity contribution in [2.45, 2.75) is 73.1 Å². The van der Waals surface area contributed by atoms with E-state index in [1.54, 1.807) is 40.2 Å². The van der Waals surface area contributed by atoms with Gasteiger partial charge in [0.1, 0.15) is 15.0 Å². The number of hydrogen-bond donors (Lipinski definition) is 0. The Morgan fingerprint density at radius 3 is 0.944 bits per heavy atom. The van der Waals surface area contributed by atoms with Crippen molar-refractivity contribution in [2.75, 3.05) is 54.0 Å². The Bertz CT molecular complexity index is 5260. The minimum absolute atomic E-state index is 0.630. The molecule has 0 unspecified atom stereocenters. The van der Waals surface area contributed by atoms with Gasteiger partial charge in [0.05, 0.1) is 94.6 Å². The van der Waals surface area contributed by atoms with Crippen molar-refractivity contribution >= 4 is 192 Å². The van der Waals surface area contributed by atoms with Crippen molar-refractivity contribution < 1.29 is 0 Å². The first-order chi connectivity index (χ1) is 53.0. The lowest BCUT2D eigenvalue weighted by molar-refractivity contribution is 0.949. The fourth-order valence-corrected chi connectivity index (χ4v) is 15.8. The zero-order chi connectivity index (χ0) is 73.8. The summed E-state index contributed by atoms with van der Waals surface area (Å²) in [5.41, 5.74) is 14.0. The topological polar surface area (TPSA) is 271 Å². The number of benzene rings is 7. The SMILES string of the molecule is Cc1cc(N=Nc2ccc(N=Nc3ccc(N4CCCC4)s3)c3ccccc23)ccc1N=Nc1nccs1.Cc1csc(N=Nc2ccc(N=Nc3ccc(N=Nc4ccc(N5CCCC5)s4)cc3C)cc2)n1.Cc1csc(N=Nc2ccc(N=Nc3ccc(N=Nc4ccc(N5CCCC5)s4)cc3C)cc2)n1. The molecule has 0 saturated carbocycles. The fraction of sp³-hybridized carbons (Fsp3) is 0.218. The van der Waals surface area contributed by atoms with Gasteiger partial charge in [0.25, 0.3) is 0 Å². The van der Waals surface area contributed by atoms with Crippen LogP contribution in [0.5, 0.6) is 0 Å². The quantitative estimate of drug-likeness (QED) is 0.0630. The van der Waals surface area contributed by atoms with Gasteiger partial charge in [-0.15, -0.1) is 100 Å². The number of aryl methyl sites for hydroxylation is 5. The van der Waals surface area contributed by atoms with Crippen molar-refractivity contribution in [2.24, 2.45) is 92.1 Å². The van der Waals surface area contributed by atoms with Crippen molar-refractivity contribution in [1.29, 1.82) is 0 Å². The van der Waals surface area contributed by atoms with Crippen molar-refractivity contribution in [1.82, 2.24) is 15.0 Å². The Morgan fingerprint density at radius 1 is 0.287 bits per heavy atom. The molecule has 13 aromatic rings. The molecule has 0 aliphatic carbocycles. The van der Waals surface area contributed by atoms with Crippen LogP contribution in [0.3, 0.4) is 0 Å². The van der Waals surface area contributed by atoms with Crippen molar-refractivity contribution in [3.63, 3.8) is 0 Å². The highest BCUT2D eigenvalue weighted by molar-refractivity contribution is 7.20. The van der Waals surface area contributed by atoms with Crippen LogP contribution in [0.4, 0.5) is 114 Å². The summed E-state index contributed by atoms with van der Waals surface area (Å²) in [4.78, 5) is 19.9. The summed E-state index contributed by atoms with van der Waals surface area (Å²) in [6.45, 7) is 16.6. The second kappa shape index (κ2) is 36.3. The van der Waals surface area contributed by atoms with Crippen LogP contribution in [-0.2, 0) is 0 Å². The molecule has 6 aromatic heterocycles. The molecule has 30 heteroatoms. The van der Waals surface area contributed by atoms with Gasteiger partial charge in [-0.05, 0) is 241 Å². The van der Waals surface area contributed by atoms with Crippen LogP contribution in [0.25, 0.3) is 10.8 Å². The molecule has 24 nitrogen and oxygen atoms in total. The molecule has 0 atom stereocenters. The number of azo groups is 9.